The Morgan fingerprint density at radius 1 is 1.10 bits per heavy atom. The molecule has 2 amide bonds. The molecule has 21 heavy (non-hydrogen) atoms. The monoisotopic (exact) mass is 297 g/mol. The first kappa shape index (κ1) is 15.8. The number of carbonyl (C=O) groups excluding carboxylic acids is 2. The van der Waals surface area contributed by atoms with Crippen LogP contribution in [0.4, 0.5) is 0 Å². The standard InChI is InChI=1S/C14H23N3O4/c1-11(18)15-6-8-16(9-7-15)13(19)10-17(12-2-3-12)5-4-14(20)21/h12H,2-10H2,1H3,(H,20,21). The van der Waals surface area contributed by atoms with Crippen molar-refractivity contribution in [1.82, 2.24) is 14.7 Å². The van der Waals surface area contributed by atoms with Gasteiger partial charge in [-0.3, -0.25) is 19.3 Å². The van der Waals surface area contributed by atoms with Crippen LogP contribution in [0.2, 0.25) is 0 Å². The highest BCUT2D eigenvalue weighted by atomic mass is 16.4. The fraction of sp³-hybridized carbons (Fsp3) is 0.786. The molecule has 0 bridgehead atoms. The number of piperazine rings is 1. The quantitative estimate of drug-likeness (QED) is 0.722. The van der Waals surface area contributed by atoms with Crippen molar-refractivity contribution in [3.63, 3.8) is 0 Å². The molecule has 0 aromatic rings. The van der Waals surface area contributed by atoms with Gasteiger partial charge in [-0.05, 0) is 12.8 Å². The maximum absolute atomic E-state index is 12.3. The number of rotatable bonds is 6. The molecule has 2 aliphatic rings. The van der Waals surface area contributed by atoms with Crippen LogP contribution in [0.1, 0.15) is 26.2 Å². The van der Waals surface area contributed by atoms with E-state index >= 15 is 0 Å². The van der Waals surface area contributed by atoms with E-state index in [2.05, 4.69) is 0 Å². The molecule has 1 aliphatic carbocycles. The smallest absolute Gasteiger partial charge is 0.304 e. The number of carboxylic acid groups (broad SMARTS) is 1. The Hall–Kier alpha value is -1.63. The van der Waals surface area contributed by atoms with E-state index in [1.807, 2.05) is 4.90 Å². The van der Waals surface area contributed by atoms with Crippen molar-refractivity contribution in [2.45, 2.75) is 32.2 Å². The molecule has 0 spiro atoms. The lowest BCUT2D eigenvalue weighted by molar-refractivity contribution is -0.140. The molecule has 0 unspecified atom stereocenters. The van der Waals surface area contributed by atoms with Gasteiger partial charge in [0.05, 0.1) is 13.0 Å². The van der Waals surface area contributed by atoms with Crippen molar-refractivity contribution >= 4 is 17.8 Å². The molecule has 0 aromatic carbocycles. The largest absolute Gasteiger partial charge is 0.481 e. The zero-order valence-electron chi connectivity index (χ0n) is 12.5. The fourth-order valence-corrected chi connectivity index (χ4v) is 2.61. The molecular weight excluding hydrogens is 274 g/mol. The lowest BCUT2D eigenvalue weighted by Crippen LogP contribution is -2.52. The predicted octanol–water partition coefficient (Wildman–Crippen LogP) is -0.384. The molecule has 2 rings (SSSR count). The van der Waals surface area contributed by atoms with Crippen LogP contribution >= 0.6 is 0 Å². The summed E-state index contributed by atoms with van der Waals surface area (Å²) in [5, 5.41) is 8.77. The van der Waals surface area contributed by atoms with E-state index in [0.29, 0.717) is 38.8 Å². The highest BCUT2D eigenvalue weighted by Gasteiger charge is 2.32. The van der Waals surface area contributed by atoms with E-state index in [4.69, 9.17) is 5.11 Å². The molecule has 1 aliphatic heterocycles. The van der Waals surface area contributed by atoms with Crippen molar-refractivity contribution in [3.05, 3.63) is 0 Å². The Morgan fingerprint density at radius 3 is 2.14 bits per heavy atom. The third-order valence-corrected chi connectivity index (χ3v) is 4.09. The lowest BCUT2D eigenvalue weighted by Gasteiger charge is -2.35. The number of hydrogen-bond acceptors (Lipinski definition) is 4. The SMILES string of the molecule is CC(=O)N1CCN(C(=O)CN(CCC(=O)O)C2CC2)CC1. The van der Waals surface area contributed by atoms with Crippen molar-refractivity contribution in [2.75, 3.05) is 39.3 Å². The first-order valence-electron chi connectivity index (χ1n) is 7.46. The van der Waals surface area contributed by atoms with Gasteiger partial charge in [-0.2, -0.15) is 0 Å². The molecule has 1 saturated carbocycles. The van der Waals surface area contributed by atoms with E-state index < -0.39 is 5.97 Å². The predicted molar refractivity (Wildman–Crippen MR) is 75.7 cm³/mol. The molecule has 1 heterocycles. The summed E-state index contributed by atoms with van der Waals surface area (Å²) in [6.45, 7) is 4.56. The van der Waals surface area contributed by atoms with Gasteiger partial charge in [0.25, 0.3) is 0 Å². The number of aliphatic carboxylic acids is 1. The summed E-state index contributed by atoms with van der Waals surface area (Å²) >= 11 is 0. The molecule has 7 heteroatoms. The molecule has 118 valence electrons. The minimum atomic E-state index is -0.830. The van der Waals surface area contributed by atoms with Gasteiger partial charge in [0, 0.05) is 45.7 Å². The first-order chi connectivity index (χ1) is 9.97. The third kappa shape index (κ3) is 4.70. The molecule has 1 N–H and O–H groups in total. The second kappa shape index (κ2) is 6.89. The molecule has 7 nitrogen and oxygen atoms in total. The lowest BCUT2D eigenvalue weighted by atomic mass is 10.3. The van der Waals surface area contributed by atoms with E-state index in [1.54, 1.807) is 9.80 Å². The minimum Gasteiger partial charge on any atom is -0.481 e. The molecule has 0 radical (unpaired) electrons. The summed E-state index contributed by atoms with van der Waals surface area (Å²) in [5.74, 6) is -0.748. The van der Waals surface area contributed by atoms with Gasteiger partial charge in [-0.1, -0.05) is 0 Å². The molecule has 0 atom stereocenters. The van der Waals surface area contributed by atoms with Gasteiger partial charge in [0.2, 0.25) is 11.8 Å². The number of nitrogens with zero attached hydrogens (tertiary/aromatic N) is 3. The van der Waals surface area contributed by atoms with Gasteiger partial charge in [0.1, 0.15) is 0 Å². The van der Waals surface area contributed by atoms with Crippen LogP contribution in [0.15, 0.2) is 0 Å². The Kier molecular flexibility index (Phi) is 5.17. The number of carboxylic acids is 1. The minimum absolute atomic E-state index is 0.0375. The van der Waals surface area contributed by atoms with Crippen molar-refractivity contribution < 1.29 is 19.5 Å². The zero-order valence-corrected chi connectivity index (χ0v) is 12.5. The van der Waals surface area contributed by atoms with Gasteiger partial charge >= 0.3 is 5.97 Å². The van der Waals surface area contributed by atoms with Crippen LogP contribution < -0.4 is 0 Å². The van der Waals surface area contributed by atoms with E-state index in [-0.39, 0.29) is 24.8 Å². The average molecular weight is 297 g/mol. The highest BCUT2D eigenvalue weighted by molar-refractivity contribution is 5.79. The highest BCUT2D eigenvalue weighted by Crippen LogP contribution is 2.26. The maximum atomic E-state index is 12.3. The van der Waals surface area contributed by atoms with E-state index in [9.17, 15) is 14.4 Å². The number of hydrogen-bond donors (Lipinski definition) is 1. The summed E-state index contributed by atoms with van der Waals surface area (Å²) in [6.07, 6.45) is 2.16. The average Bonchev–Trinajstić information content (AvgIpc) is 3.27. The number of amides is 2. The summed E-state index contributed by atoms with van der Waals surface area (Å²) in [6, 6.07) is 0.367. The van der Waals surface area contributed by atoms with Gasteiger partial charge in [-0.15, -0.1) is 0 Å². The molecule has 1 saturated heterocycles. The zero-order chi connectivity index (χ0) is 15.4. The Bertz CT molecular complexity index is 414. The normalized spacial score (nSPS) is 19.0. The molecular formula is C14H23N3O4. The van der Waals surface area contributed by atoms with Gasteiger partial charge in [0.15, 0.2) is 0 Å². The van der Waals surface area contributed by atoms with Crippen molar-refractivity contribution in [1.29, 1.82) is 0 Å². The summed E-state index contributed by atoms with van der Waals surface area (Å²) < 4.78 is 0. The Labute approximate surface area is 124 Å². The van der Waals surface area contributed by atoms with Crippen LogP contribution in [0.25, 0.3) is 0 Å². The van der Waals surface area contributed by atoms with Crippen molar-refractivity contribution in [2.24, 2.45) is 0 Å². The van der Waals surface area contributed by atoms with Crippen LogP contribution in [0, 0.1) is 0 Å². The van der Waals surface area contributed by atoms with Gasteiger partial charge < -0.3 is 14.9 Å². The van der Waals surface area contributed by atoms with Crippen LogP contribution in [-0.4, -0.2) is 82.9 Å². The summed E-state index contributed by atoms with van der Waals surface area (Å²) in [7, 11) is 0. The van der Waals surface area contributed by atoms with Crippen molar-refractivity contribution in [3.8, 4) is 0 Å². The second-order valence-electron chi connectivity index (χ2n) is 5.73. The van der Waals surface area contributed by atoms with Gasteiger partial charge in [-0.25, -0.2) is 0 Å². The Morgan fingerprint density at radius 2 is 1.67 bits per heavy atom. The fourth-order valence-electron chi connectivity index (χ4n) is 2.61. The van der Waals surface area contributed by atoms with Crippen LogP contribution in [0.3, 0.4) is 0 Å². The number of carbonyl (C=O) groups is 3. The first-order valence-corrected chi connectivity index (χ1v) is 7.46. The molecule has 0 aromatic heterocycles. The maximum Gasteiger partial charge on any atom is 0.304 e. The topological polar surface area (TPSA) is 81.2 Å². The van der Waals surface area contributed by atoms with Crippen LogP contribution in [0.5, 0.6) is 0 Å². The summed E-state index contributed by atoms with van der Waals surface area (Å²) in [5.41, 5.74) is 0. The third-order valence-electron chi connectivity index (χ3n) is 4.09. The van der Waals surface area contributed by atoms with Crippen LogP contribution in [-0.2, 0) is 14.4 Å². The Balaban J connectivity index is 1.79. The molecule has 2 fully saturated rings. The van der Waals surface area contributed by atoms with E-state index in [1.165, 1.54) is 6.92 Å². The summed E-state index contributed by atoms with van der Waals surface area (Å²) in [4.78, 5) is 39.7. The second-order valence-corrected chi connectivity index (χ2v) is 5.73. The van der Waals surface area contributed by atoms with E-state index in [0.717, 1.165) is 12.8 Å².